The maximum atomic E-state index is 12.2. The van der Waals surface area contributed by atoms with E-state index < -0.39 is 11.9 Å². The highest BCUT2D eigenvalue weighted by molar-refractivity contribution is 5.93. The van der Waals surface area contributed by atoms with E-state index in [-0.39, 0.29) is 24.7 Å². The lowest BCUT2D eigenvalue weighted by Crippen LogP contribution is -2.12. The maximum absolute atomic E-state index is 12.2. The first-order chi connectivity index (χ1) is 26.4. The van der Waals surface area contributed by atoms with Gasteiger partial charge in [0.25, 0.3) is 0 Å². The van der Waals surface area contributed by atoms with Crippen molar-refractivity contribution in [3.8, 4) is 34.5 Å². The van der Waals surface area contributed by atoms with Gasteiger partial charge in [0, 0.05) is 24.2 Å². The van der Waals surface area contributed by atoms with Crippen LogP contribution in [0.25, 0.3) is 0 Å². The molecule has 15 heteroatoms. The Labute approximate surface area is 320 Å². The molecule has 0 saturated carbocycles. The summed E-state index contributed by atoms with van der Waals surface area (Å²) in [6.45, 7) is 0. The van der Waals surface area contributed by atoms with Gasteiger partial charge in [-0.3, -0.25) is 9.59 Å². The van der Waals surface area contributed by atoms with Crippen LogP contribution in [0.4, 0.5) is 11.4 Å². The predicted molar refractivity (Wildman–Crippen MR) is 205 cm³/mol. The average molecular weight is 765 g/mol. The van der Waals surface area contributed by atoms with Crippen LogP contribution < -0.4 is 39.5 Å². The molecule has 296 valence electrons. The highest BCUT2D eigenvalue weighted by Crippen LogP contribution is 2.39. The van der Waals surface area contributed by atoms with Crippen LogP contribution in [0, 0.1) is 0 Å². The first-order valence-corrected chi connectivity index (χ1v) is 16.6. The standard InChI is InChI=1S/C20H23NO6.C12H16O5.C8H9NO2/c1-24-16-11-13(12-17(25-2)19(16)26-3)5-10-18(22)21-15-8-6-14(7-9-15)20(23)27-4;1-15-9-6-8(4-5-11(13)14)7-10(16-2)12(9)17-3;1-11-8(10)6-2-4-7(9)5-3-6/h6-9,11-12H,5,10H2,1-4H3,(H,21,22);6-7H,4-5H2,1-3H3,(H,13,14);2-5H,9H2,1H3. The molecule has 0 aliphatic heterocycles. The van der Waals surface area contributed by atoms with Gasteiger partial charge in [0.05, 0.1) is 68.0 Å². The molecule has 0 unspecified atom stereocenters. The zero-order chi connectivity index (χ0) is 40.9. The first-order valence-electron chi connectivity index (χ1n) is 16.6. The van der Waals surface area contributed by atoms with Gasteiger partial charge in [-0.1, -0.05) is 0 Å². The van der Waals surface area contributed by atoms with E-state index in [1.807, 2.05) is 12.1 Å². The molecule has 15 nitrogen and oxygen atoms in total. The number of nitrogens with one attached hydrogen (secondary N) is 1. The Morgan fingerprint density at radius 3 is 1.24 bits per heavy atom. The Morgan fingerprint density at radius 2 is 0.909 bits per heavy atom. The Bertz CT molecular complexity index is 1810. The van der Waals surface area contributed by atoms with Crippen molar-refractivity contribution in [2.45, 2.75) is 25.7 Å². The van der Waals surface area contributed by atoms with Gasteiger partial charge in [-0.25, -0.2) is 9.59 Å². The number of benzene rings is 4. The third-order valence-electron chi connectivity index (χ3n) is 7.64. The third-order valence-corrected chi connectivity index (χ3v) is 7.64. The summed E-state index contributed by atoms with van der Waals surface area (Å²) in [6.07, 6.45) is 1.27. The molecule has 0 heterocycles. The zero-order valence-corrected chi connectivity index (χ0v) is 32.2. The van der Waals surface area contributed by atoms with Gasteiger partial charge in [0.2, 0.25) is 17.4 Å². The minimum Gasteiger partial charge on any atom is -0.493 e. The van der Waals surface area contributed by atoms with Crippen molar-refractivity contribution in [2.24, 2.45) is 0 Å². The number of anilines is 2. The highest BCUT2D eigenvalue weighted by atomic mass is 16.5. The topological polar surface area (TPSA) is 200 Å². The second-order valence-corrected chi connectivity index (χ2v) is 11.2. The van der Waals surface area contributed by atoms with Crippen molar-refractivity contribution < 1.29 is 62.2 Å². The molecule has 1 amide bonds. The van der Waals surface area contributed by atoms with E-state index in [1.54, 1.807) is 82.0 Å². The van der Waals surface area contributed by atoms with E-state index >= 15 is 0 Å². The van der Waals surface area contributed by atoms with Crippen molar-refractivity contribution in [3.05, 3.63) is 95.1 Å². The second-order valence-electron chi connectivity index (χ2n) is 11.2. The normalized spacial score (nSPS) is 9.82. The fraction of sp³-hybridized carbons (Fsp3) is 0.300. The third kappa shape index (κ3) is 14.0. The maximum Gasteiger partial charge on any atom is 0.337 e. The molecule has 4 N–H and O–H groups in total. The number of carboxylic acid groups (broad SMARTS) is 1. The summed E-state index contributed by atoms with van der Waals surface area (Å²) < 4.78 is 40.6. The van der Waals surface area contributed by atoms with Crippen LogP contribution in [-0.2, 0) is 31.9 Å². The van der Waals surface area contributed by atoms with E-state index in [0.717, 1.165) is 11.1 Å². The van der Waals surface area contributed by atoms with Gasteiger partial charge < -0.3 is 54.1 Å². The summed E-state index contributed by atoms with van der Waals surface area (Å²) in [7, 11) is 11.9. The number of amides is 1. The fourth-order valence-electron chi connectivity index (χ4n) is 4.84. The predicted octanol–water partition coefficient (Wildman–Crippen LogP) is 5.86. The SMILES string of the molecule is COC(=O)c1ccc(N)cc1.COC(=O)c1ccc(NC(=O)CCc2cc(OC)c(OC)c(OC)c2)cc1.COc1cc(CCC(=O)O)cc(OC)c1OC. The smallest absolute Gasteiger partial charge is 0.337 e. The number of esters is 2. The van der Waals surface area contributed by atoms with Crippen LogP contribution >= 0.6 is 0 Å². The lowest BCUT2D eigenvalue weighted by molar-refractivity contribution is -0.137. The molecule has 4 aromatic carbocycles. The van der Waals surface area contributed by atoms with Crippen molar-refractivity contribution >= 4 is 35.2 Å². The lowest BCUT2D eigenvalue weighted by Gasteiger charge is -2.14. The Balaban J connectivity index is 0.000000317. The molecular formula is C40H48N2O13. The fourth-order valence-corrected chi connectivity index (χ4v) is 4.84. The number of hydrogen-bond donors (Lipinski definition) is 3. The summed E-state index contributed by atoms with van der Waals surface area (Å²) in [5.41, 5.74) is 9.33. The van der Waals surface area contributed by atoms with Crippen LogP contribution in [0.5, 0.6) is 34.5 Å². The molecular weight excluding hydrogens is 716 g/mol. The Hall–Kier alpha value is -6.64. The highest BCUT2D eigenvalue weighted by Gasteiger charge is 2.15. The van der Waals surface area contributed by atoms with Crippen molar-refractivity contribution in [1.82, 2.24) is 0 Å². The summed E-state index contributed by atoms with van der Waals surface area (Å²) in [6, 6.07) is 20.2. The van der Waals surface area contributed by atoms with Gasteiger partial charge in [0.1, 0.15) is 0 Å². The van der Waals surface area contributed by atoms with E-state index in [0.29, 0.717) is 69.8 Å². The van der Waals surface area contributed by atoms with E-state index in [9.17, 15) is 19.2 Å². The molecule has 0 spiro atoms. The molecule has 0 aliphatic rings. The van der Waals surface area contributed by atoms with Gasteiger partial charge in [-0.15, -0.1) is 0 Å². The van der Waals surface area contributed by atoms with Crippen LogP contribution in [0.15, 0.2) is 72.8 Å². The molecule has 0 bridgehead atoms. The molecule has 4 aromatic rings. The molecule has 0 aromatic heterocycles. The molecule has 0 aliphatic carbocycles. The van der Waals surface area contributed by atoms with Gasteiger partial charge in [0.15, 0.2) is 23.0 Å². The minimum absolute atomic E-state index is 0.0681. The van der Waals surface area contributed by atoms with Crippen LogP contribution in [0.1, 0.15) is 44.7 Å². The quantitative estimate of drug-likeness (QED) is 0.0961. The van der Waals surface area contributed by atoms with Gasteiger partial charge >= 0.3 is 17.9 Å². The molecule has 4 rings (SSSR count). The average Bonchev–Trinajstić information content (AvgIpc) is 3.21. The molecule has 0 radical (unpaired) electrons. The van der Waals surface area contributed by atoms with Crippen molar-refractivity contribution in [3.63, 3.8) is 0 Å². The van der Waals surface area contributed by atoms with Crippen LogP contribution in [-0.4, -0.2) is 85.8 Å². The molecule has 0 saturated heterocycles. The number of nitrogen functional groups attached to an aromatic ring is 1. The molecule has 0 fully saturated rings. The number of methoxy groups -OCH3 is 8. The Kier molecular flexibility index (Phi) is 18.7. The van der Waals surface area contributed by atoms with Crippen molar-refractivity contribution in [2.75, 3.05) is 67.9 Å². The summed E-state index contributed by atoms with van der Waals surface area (Å²) in [4.78, 5) is 45.0. The molecule has 0 atom stereocenters. The van der Waals surface area contributed by atoms with Crippen LogP contribution in [0.3, 0.4) is 0 Å². The van der Waals surface area contributed by atoms with Gasteiger partial charge in [-0.2, -0.15) is 0 Å². The number of carboxylic acids is 1. The number of carbonyl (C=O) groups excluding carboxylic acids is 3. The van der Waals surface area contributed by atoms with Crippen LogP contribution in [0.2, 0.25) is 0 Å². The van der Waals surface area contributed by atoms with E-state index in [1.165, 1.54) is 35.5 Å². The molecule has 55 heavy (non-hydrogen) atoms. The van der Waals surface area contributed by atoms with Gasteiger partial charge in [-0.05, 0) is 96.8 Å². The largest absolute Gasteiger partial charge is 0.493 e. The summed E-state index contributed by atoms with van der Waals surface area (Å²) >= 11 is 0. The number of hydrogen-bond acceptors (Lipinski definition) is 13. The number of aryl methyl sites for hydroxylation is 2. The van der Waals surface area contributed by atoms with E-state index in [4.69, 9.17) is 39.3 Å². The number of ether oxygens (including phenoxy) is 8. The lowest BCUT2D eigenvalue weighted by atomic mass is 10.1. The number of rotatable bonds is 15. The van der Waals surface area contributed by atoms with E-state index in [2.05, 4.69) is 14.8 Å². The first kappa shape index (κ1) is 44.5. The summed E-state index contributed by atoms with van der Waals surface area (Å²) in [5, 5.41) is 11.4. The number of carbonyl (C=O) groups is 4. The minimum atomic E-state index is -0.834. The Morgan fingerprint density at radius 1 is 0.545 bits per heavy atom. The number of nitrogens with two attached hydrogens (primary N) is 1. The van der Waals surface area contributed by atoms with Crippen molar-refractivity contribution in [1.29, 1.82) is 0 Å². The second kappa shape index (κ2) is 23.1. The zero-order valence-electron chi connectivity index (χ0n) is 32.2. The number of aliphatic carboxylic acids is 1. The summed E-state index contributed by atoms with van der Waals surface area (Å²) in [5.74, 6) is 1.44. The monoisotopic (exact) mass is 764 g/mol.